The van der Waals surface area contributed by atoms with Crippen molar-refractivity contribution in [3.05, 3.63) is 59.2 Å². The van der Waals surface area contributed by atoms with Crippen molar-refractivity contribution in [2.45, 2.75) is 71.0 Å². The smallest absolute Gasteiger partial charge is 0.328 e. The van der Waals surface area contributed by atoms with Crippen molar-refractivity contribution >= 4 is 11.5 Å². The first kappa shape index (κ1) is 24.7. The summed E-state index contributed by atoms with van der Waals surface area (Å²) in [5.41, 5.74) is 4.55. The minimum absolute atomic E-state index is 0.167. The van der Waals surface area contributed by atoms with Crippen LogP contribution in [0, 0.1) is 17.8 Å². The van der Waals surface area contributed by atoms with Crippen molar-refractivity contribution in [1.29, 1.82) is 0 Å². The number of rotatable bonds is 10. The molecular formula is C29H38O5. The van der Waals surface area contributed by atoms with Gasteiger partial charge < -0.3 is 19.3 Å². The van der Waals surface area contributed by atoms with E-state index in [1.54, 1.807) is 14.0 Å². The Labute approximate surface area is 203 Å². The lowest BCUT2D eigenvalue weighted by Crippen LogP contribution is -2.48. The molecule has 4 aliphatic rings. The lowest BCUT2D eigenvalue weighted by atomic mass is 9.48. The molecule has 1 aromatic rings. The highest BCUT2D eigenvalue weighted by Gasteiger charge is 2.52. The van der Waals surface area contributed by atoms with E-state index in [0.29, 0.717) is 5.57 Å². The molecule has 0 aliphatic heterocycles. The van der Waals surface area contributed by atoms with Crippen molar-refractivity contribution < 1.29 is 24.1 Å². The number of carboxylic acid groups (broad SMARTS) is 1. The second-order valence-electron chi connectivity index (χ2n) is 10.6. The largest absolute Gasteiger partial charge is 0.478 e. The van der Waals surface area contributed by atoms with E-state index in [-0.39, 0.29) is 18.5 Å². The maximum Gasteiger partial charge on any atom is 0.328 e. The van der Waals surface area contributed by atoms with Gasteiger partial charge in [-0.25, -0.2) is 4.79 Å². The zero-order chi connectivity index (χ0) is 24.3. The lowest BCUT2D eigenvalue weighted by Gasteiger charge is -2.57. The number of hydrogen-bond acceptors (Lipinski definition) is 4. The summed E-state index contributed by atoms with van der Waals surface area (Å²) in [7, 11) is 1.63. The summed E-state index contributed by atoms with van der Waals surface area (Å²) < 4.78 is 17.0. The molecule has 5 heteroatoms. The third-order valence-electron chi connectivity index (χ3n) is 7.95. The Balaban J connectivity index is 1.62. The second-order valence-corrected chi connectivity index (χ2v) is 10.6. The Hall–Kier alpha value is -2.37. The van der Waals surface area contributed by atoms with Gasteiger partial charge in [0.25, 0.3) is 0 Å². The molecule has 184 valence electrons. The zero-order valence-electron chi connectivity index (χ0n) is 20.9. The Bertz CT molecular complexity index is 951. The molecule has 1 atom stereocenters. The monoisotopic (exact) mass is 466 g/mol. The number of ether oxygens (including phenoxy) is 3. The van der Waals surface area contributed by atoms with Gasteiger partial charge >= 0.3 is 5.97 Å². The molecule has 0 saturated heterocycles. The average molecular weight is 467 g/mol. The molecule has 1 N–H and O–H groups in total. The van der Waals surface area contributed by atoms with E-state index in [9.17, 15) is 4.79 Å². The summed E-state index contributed by atoms with van der Waals surface area (Å²) in [5.74, 6) is 2.53. The van der Waals surface area contributed by atoms with E-state index < -0.39 is 5.97 Å². The highest BCUT2D eigenvalue weighted by atomic mass is 16.7. The number of aliphatic carboxylic acids is 1. The van der Waals surface area contributed by atoms with Gasteiger partial charge in [-0.15, -0.1) is 0 Å². The molecule has 0 spiro atoms. The van der Waals surface area contributed by atoms with Crippen LogP contribution in [0.25, 0.3) is 5.57 Å². The first-order valence-electron chi connectivity index (χ1n) is 12.5. The van der Waals surface area contributed by atoms with Crippen molar-refractivity contribution in [2.24, 2.45) is 17.8 Å². The van der Waals surface area contributed by atoms with E-state index in [2.05, 4.69) is 25.1 Å². The number of carboxylic acids is 1. The number of allylic oxidation sites excluding steroid dienone is 5. The molecule has 4 aliphatic carbocycles. The zero-order valence-corrected chi connectivity index (χ0v) is 20.9. The first-order chi connectivity index (χ1) is 16.3. The van der Waals surface area contributed by atoms with Crippen LogP contribution in [0.4, 0.5) is 0 Å². The van der Waals surface area contributed by atoms with Crippen LogP contribution in [-0.4, -0.2) is 31.3 Å². The number of carbonyl (C=O) groups is 1. The molecule has 5 nitrogen and oxygen atoms in total. The normalized spacial score (nSPS) is 29.6. The number of hydrogen-bond donors (Lipinski definition) is 1. The van der Waals surface area contributed by atoms with Gasteiger partial charge in [-0.05, 0) is 111 Å². The van der Waals surface area contributed by atoms with Crippen LogP contribution in [0.1, 0.15) is 70.4 Å². The van der Waals surface area contributed by atoms with Gasteiger partial charge in [0.15, 0.2) is 13.1 Å². The van der Waals surface area contributed by atoms with E-state index in [1.807, 2.05) is 25.2 Å². The standard InChI is InChI=1S/C29H38O5/c1-19(10-28(30)31)6-5-7-20(2)25-8-9-27(34-18-33-21(3)32-4)26(14-25)29-15-22-11-23(16-29)13-24(12-22)17-29/h5-10,14,21-24H,11-13,15-18H2,1-4H3,(H,30,31)/b6-5+,19-10+,20-7+. The molecule has 0 aromatic heterocycles. The predicted molar refractivity (Wildman–Crippen MR) is 134 cm³/mol. The highest BCUT2D eigenvalue weighted by Crippen LogP contribution is 2.62. The molecule has 4 saturated carbocycles. The van der Waals surface area contributed by atoms with E-state index in [1.165, 1.54) is 55.7 Å². The Morgan fingerprint density at radius 3 is 2.38 bits per heavy atom. The van der Waals surface area contributed by atoms with E-state index in [4.69, 9.17) is 19.3 Å². The van der Waals surface area contributed by atoms with Crippen LogP contribution in [0.5, 0.6) is 5.75 Å². The summed E-state index contributed by atoms with van der Waals surface area (Å²) in [6.07, 6.45) is 14.7. The van der Waals surface area contributed by atoms with E-state index >= 15 is 0 Å². The van der Waals surface area contributed by atoms with Crippen molar-refractivity contribution in [3.8, 4) is 5.75 Å². The SMILES string of the molecule is COC(C)OCOc1ccc(/C(C)=C/C=C/C(C)=C/C(=O)O)cc1C12CC3CC(CC(C3)C1)C2. The fourth-order valence-electron chi connectivity index (χ4n) is 6.70. The highest BCUT2D eigenvalue weighted by molar-refractivity contribution is 5.81. The molecule has 5 rings (SSSR count). The quantitative estimate of drug-likeness (QED) is 0.243. The van der Waals surface area contributed by atoms with E-state index in [0.717, 1.165) is 29.1 Å². The maximum atomic E-state index is 10.8. The molecule has 4 bridgehead atoms. The van der Waals surface area contributed by atoms with Crippen molar-refractivity contribution in [3.63, 3.8) is 0 Å². The van der Waals surface area contributed by atoms with Gasteiger partial charge in [-0.3, -0.25) is 0 Å². The Morgan fingerprint density at radius 1 is 1.15 bits per heavy atom. The molecule has 4 fully saturated rings. The fraction of sp³-hybridized carbons (Fsp3) is 0.552. The third-order valence-corrected chi connectivity index (χ3v) is 7.95. The summed E-state index contributed by atoms with van der Waals surface area (Å²) in [6.45, 7) is 5.92. The van der Waals surface area contributed by atoms with Crippen LogP contribution in [0.2, 0.25) is 0 Å². The minimum atomic E-state index is -0.928. The van der Waals surface area contributed by atoms with Crippen LogP contribution < -0.4 is 4.74 Å². The first-order valence-corrected chi connectivity index (χ1v) is 12.5. The average Bonchev–Trinajstić information content (AvgIpc) is 2.77. The minimum Gasteiger partial charge on any atom is -0.478 e. The van der Waals surface area contributed by atoms with Crippen LogP contribution >= 0.6 is 0 Å². The van der Waals surface area contributed by atoms with Gasteiger partial charge in [0, 0.05) is 18.7 Å². The number of benzene rings is 1. The number of methoxy groups -OCH3 is 1. The molecule has 1 unspecified atom stereocenters. The molecule has 0 radical (unpaired) electrons. The predicted octanol–water partition coefficient (Wildman–Crippen LogP) is 6.49. The van der Waals surface area contributed by atoms with Crippen LogP contribution in [0.15, 0.2) is 48.1 Å². The second kappa shape index (κ2) is 10.5. The van der Waals surface area contributed by atoms with Gasteiger partial charge in [0.1, 0.15) is 5.75 Å². The van der Waals surface area contributed by atoms with Crippen molar-refractivity contribution in [1.82, 2.24) is 0 Å². The molecule has 0 amide bonds. The van der Waals surface area contributed by atoms with Crippen molar-refractivity contribution in [2.75, 3.05) is 13.9 Å². The summed E-state index contributed by atoms with van der Waals surface area (Å²) in [5, 5.41) is 8.90. The van der Waals surface area contributed by atoms with Crippen LogP contribution in [-0.2, 0) is 19.7 Å². The molecule has 1 aromatic carbocycles. The topological polar surface area (TPSA) is 65.0 Å². The van der Waals surface area contributed by atoms with Crippen LogP contribution in [0.3, 0.4) is 0 Å². The lowest BCUT2D eigenvalue weighted by molar-refractivity contribution is -0.150. The Morgan fingerprint density at radius 2 is 1.79 bits per heavy atom. The van der Waals surface area contributed by atoms with Gasteiger partial charge in [-0.1, -0.05) is 24.3 Å². The maximum absolute atomic E-state index is 10.8. The summed E-state index contributed by atoms with van der Waals surface area (Å²) in [6, 6.07) is 6.54. The molecule has 0 heterocycles. The Kier molecular flexibility index (Phi) is 7.63. The summed E-state index contributed by atoms with van der Waals surface area (Å²) in [4.78, 5) is 10.8. The van der Waals surface area contributed by atoms with Gasteiger partial charge in [0.05, 0.1) is 0 Å². The third kappa shape index (κ3) is 5.64. The molecule has 34 heavy (non-hydrogen) atoms. The fourth-order valence-corrected chi connectivity index (χ4v) is 6.70. The molecular weight excluding hydrogens is 428 g/mol. The van der Waals surface area contributed by atoms with Gasteiger partial charge in [0.2, 0.25) is 0 Å². The van der Waals surface area contributed by atoms with Gasteiger partial charge in [-0.2, -0.15) is 0 Å². The summed E-state index contributed by atoms with van der Waals surface area (Å²) >= 11 is 0.